The van der Waals surface area contributed by atoms with Gasteiger partial charge in [0.25, 0.3) is 5.91 Å². The average Bonchev–Trinajstić information content (AvgIpc) is 3.05. The first-order valence-electron chi connectivity index (χ1n) is 8.03. The van der Waals surface area contributed by atoms with E-state index in [0.717, 1.165) is 11.0 Å². The second-order valence-corrected chi connectivity index (χ2v) is 5.97. The van der Waals surface area contributed by atoms with Crippen molar-refractivity contribution in [2.75, 3.05) is 19.5 Å². The zero-order valence-electron chi connectivity index (χ0n) is 14.7. The third-order valence-electron chi connectivity index (χ3n) is 4.05. The standard InChI is InChI=1S/C19H21N3O3/c1-12(2)22-11-20-16-9-13(5-8-17(16)22)19(23)21-15-7-6-14(24-3)10-18(15)25-4/h5-12H,1-4H3,(H,21,23). The van der Waals surface area contributed by atoms with Gasteiger partial charge in [0.1, 0.15) is 11.5 Å². The van der Waals surface area contributed by atoms with Crippen molar-refractivity contribution in [2.45, 2.75) is 19.9 Å². The molecule has 1 heterocycles. The van der Waals surface area contributed by atoms with Crippen molar-refractivity contribution in [1.82, 2.24) is 9.55 Å². The van der Waals surface area contributed by atoms with E-state index < -0.39 is 0 Å². The molecule has 0 bridgehead atoms. The van der Waals surface area contributed by atoms with Crippen molar-refractivity contribution < 1.29 is 14.3 Å². The Bertz CT molecular complexity index is 915. The summed E-state index contributed by atoms with van der Waals surface area (Å²) in [6, 6.07) is 11.1. The molecule has 1 aromatic heterocycles. The number of carbonyl (C=O) groups excluding carboxylic acids is 1. The van der Waals surface area contributed by atoms with Gasteiger partial charge in [-0.2, -0.15) is 0 Å². The Balaban J connectivity index is 1.87. The maximum Gasteiger partial charge on any atom is 0.255 e. The number of carbonyl (C=O) groups is 1. The van der Waals surface area contributed by atoms with Gasteiger partial charge >= 0.3 is 0 Å². The number of nitrogens with one attached hydrogen (secondary N) is 1. The molecule has 6 nitrogen and oxygen atoms in total. The molecular formula is C19H21N3O3. The number of ether oxygens (including phenoxy) is 2. The third-order valence-corrected chi connectivity index (χ3v) is 4.05. The van der Waals surface area contributed by atoms with Gasteiger partial charge in [-0.3, -0.25) is 4.79 Å². The summed E-state index contributed by atoms with van der Waals surface area (Å²) >= 11 is 0. The molecule has 25 heavy (non-hydrogen) atoms. The van der Waals surface area contributed by atoms with Crippen LogP contribution < -0.4 is 14.8 Å². The summed E-state index contributed by atoms with van der Waals surface area (Å²) in [5.74, 6) is 0.984. The van der Waals surface area contributed by atoms with E-state index in [4.69, 9.17) is 9.47 Å². The van der Waals surface area contributed by atoms with Crippen molar-refractivity contribution in [2.24, 2.45) is 0 Å². The molecule has 0 fully saturated rings. The van der Waals surface area contributed by atoms with E-state index in [1.807, 2.05) is 6.07 Å². The molecule has 0 saturated carbocycles. The quantitative estimate of drug-likeness (QED) is 0.766. The van der Waals surface area contributed by atoms with Crippen LogP contribution in [0.1, 0.15) is 30.2 Å². The lowest BCUT2D eigenvalue weighted by atomic mass is 10.1. The van der Waals surface area contributed by atoms with Crippen LogP contribution in [0.15, 0.2) is 42.7 Å². The van der Waals surface area contributed by atoms with Gasteiger partial charge in [-0.05, 0) is 44.2 Å². The number of fused-ring (bicyclic) bond motifs is 1. The molecule has 0 unspecified atom stereocenters. The first-order chi connectivity index (χ1) is 12.0. The molecule has 0 spiro atoms. The highest BCUT2D eigenvalue weighted by Crippen LogP contribution is 2.29. The summed E-state index contributed by atoms with van der Waals surface area (Å²) in [4.78, 5) is 17.0. The van der Waals surface area contributed by atoms with Gasteiger partial charge in [0, 0.05) is 17.7 Å². The first kappa shape index (κ1) is 16.8. The molecule has 1 amide bonds. The van der Waals surface area contributed by atoms with Crippen molar-refractivity contribution in [3.8, 4) is 11.5 Å². The number of aromatic nitrogens is 2. The average molecular weight is 339 g/mol. The summed E-state index contributed by atoms with van der Waals surface area (Å²) in [5.41, 5.74) is 2.93. The molecule has 0 aliphatic heterocycles. The molecule has 0 atom stereocenters. The third kappa shape index (κ3) is 3.28. The molecule has 3 rings (SSSR count). The highest BCUT2D eigenvalue weighted by molar-refractivity contribution is 6.06. The molecule has 6 heteroatoms. The van der Waals surface area contributed by atoms with Crippen LogP contribution in [0.25, 0.3) is 11.0 Å². The molecule has 0 aliphatic rings. The Morgan fingerprint density at radius 2 is 1.92 bits per heavy atom. The fraction of sp³-hybridized carbons (Fsp3) is 0.263. The number of imidazole rings is 1. The van der Waals surface area contributed by atoms with Gasteiger partial charge in [-0.25, -0.2) is 4.98 Å². The number of nitrogens with zero attached hydrogens (tertiary/aromatic N) is 2. The van der Waals surface area contributed by atoms with Crippen LogP contribution >= 0.6 is 0 Å². The summed E-state index contributed by atoms with van der Waals surface area (Å²) in [5, 5.41) is 2.87. The van der Waals surface area contributed by atoms with Crippen LogP contribution in [0.4, 0.5) is 5.69 Å². The highest BCUT2D eigenvalue weighted by atomic mass is 16.5. The van der Waals surface area contributed by atoms with Crippen LogP contribution in [-0.4, -0.2) is 29.7 Å². The molecule has 130 valence electrons. The molecule has 2 aromatic carbocycles. The Morgan fingerprint density at radius 3 is 2.60 bits per heavy atom. The van der Waals surface area contributed by atoms with Gasteiger partial charge in [0.15, 0.2) is 0 Å². The predicted molar refractivity (Wildman–Crippen MR) is 97.6 cm³/mol. The van der Waals surface area contributed by atoms with Crippen molar-refractivity contribution in [3.63, 3.8) is 0 Å². The smallest absolute Gasteiger partial charge is 0.255 e. The Morgan fingerprint density at radius 1 is 1.12 bits per heavy atom. The minimum absolute atomic E-state index is 0.218. The number of benzene rings is 2. The Labute approximate surface area is 146 Å². The van der Waals surface area contributed by atoms with Gasteiger partial charge in [0.05, 0.1) is 37.3 Å². The summed E-state index contributed by atoms with van der Waals surface area (Å²) in [7, 11) is 3.13. The van der Waals surface area contributed by atoms with Gasteiger partial charge in [-0.1, -0.05) is 0 Å². The van der Waals surface area contributed by atoms with E-state index in [0.29, 0.717) is 28.8 Å². The minimum Gasteiger partial charge on any atom is -0.497 e. The minimum atomic E-state index is -0.218. The normalized spacial score (nSPS) is 10.9. The topological polar surface area (TPSA) is 65.4 Å². The van der Waals surface area contributed by atoms with Crippen molar-refractivity contribution in [3.05, 3.63) is 48.3 Å². The van der Waals surface area contributed by atoms with E-state index in [-0.39, 0.29) is 5.91 Å². The number of anilines is 1. The van der Waals surface area contributed by atoms with Crippen LogP contribution in [0, 0.1) is 0 Å². The van der Waals surface area contributed by atoms with Crippen molar-refractivity contribution in [1.29, 1.82) is 0 Å². The Kier molecular flexibility index (Phi) is 4.61. The summed E-state index contributed by atoms with van der Waals surface area (Å²) < 4.78 is 12.6. The van der Waals surface area contributed by atoms with E-state index in [1.54, 1.807) is 50.9 Å². The van der Waals surface area contributed by atoms with Crippen molar-refractivity contribution >= 4 is 22.6 Å². The number of hydrogen-bond acceptors (Lipinski definition) is 4. The fourth-order valence-electron chi connectivity index (χ4n) is 2.68. The summed E-state index contributed by atoms with van der Waals surface area (Å²) in [6.07, 6.45) is 1.80. The largest absolute Gasteiger partial charge is 0.497 e. The number of amides is 1. The van der Waals surface area contributed by atoms with Crippen LogP contribution in [-0.2, 0) is 0 Å². The highest BCUT2D eigenvalue weighted by Gasteiger charge is 2.13. The summed E-state index contributed by atoms with van der Waals surface area (Å²) in [6.45, 7) is 4.19. The SMILES string of the molecule is COc1ccc(NC(=O)c2ccc3c(c2)ncn3C(C)C)c(OC)c1. The van der Waals surface area contributed by atoms with Gasteiger partial charge in [-0.15, -0.1) is 0 Å². The van der Waals surface area contributed by atoms with E-state index in [2.05, 4.69) is 28.7 Å². The second kappa shape index (κ2) is 6.84. The van der Waals surface area contributed by atoms with Gasteiger partial charge < -0.3 is 19.4 Å². The lowest BCUT2D eigenvalue weighted by molar-refractivity contribution is 0.102. The maximum atomic E-state index is 12.6. The van der Waals surface area contributed by atoms with Gasteiger partial charge in [0.2, 0.25) is 0 Å². The number of hydrogen-bond donors (Lipinski definition) is 1. The van der Waals surface area contributed by atoms with E-state index in [1.165, 1.54) is 0 Å². The lowest BCUT2D eigenvalue weighted by Gasteiger charge is -2.12. The lowest BCUT2D eigenvalue weighted by Crippen LogP contribution is -2.12. The fourth-order valence-corrected chi connectivity index (χ4v) is 2.68. The monoisotopic (exact) mass is 339 g/mol. The molecule has 0 radical (unpaired) electrons. The maximum absolute atomic E-state index is 12.6. The van der Waals surface area contributed by atoms with Crippen LogP contribution in [0.3, 0.4) is 0 Å². The first-order valence-corrected chi connectivity index (χ1v) is 8.03. The van der Waals surface area contributed by atoms with E-state index in [9.17, 15) is 4.79 Å². The predicted octanol–water partition coefficient (Wildman–Crippen LogP) is 3.89. The van der Waals surface area contributed by atoms with Crippen LogP contribution in [0.5, 0.6) is 11.5 Å². The molecule has 0 aliphatic carbocycles. The zero-order valence-corrected chi connectivity index (χ0v) is 14.7. The molecule has 1 N–H and O–H groups in total. The second-order valence-electron chi connectivity index (χ2n) is 5.97. The molecule has 0 saturated heterocycles. The van der Waals surface area contributed by atoms with Crippen LogP contribution in [0.2, 0.25) is 0 Å². The Hall–Kier alpha value is -3.02. The number of rotatable bonds is 5. The molecule has 3 aromatic rings. The molecular weight excluding hydrogens is 318 g/mol. The zero-order chi connectivity index (χ0) is 18.0. The van der Waals surface area contributed by atoms with E-state index >= 15 is 0 Å². The number of methoxy groups -OCH3 is 2.